The fourth-order valence-electron chi connectivity index (χ4n) is 1.48. The van der Waals surface area contributed by atoms with Gasteiger partial charge in [0.25, 0.3) is 0 Å². The molecule has 0 aliphatic heterocycles. The Bertz CT molecular complexity index is 575. The summed E-state index contributed by atoms with van der Waals surface area (Å²) in [5.41, 5.74) is 1.50. The number of nitrogens with one attached hydrogen (secondary N) is 1. The molecule has 0 bridgehead atoms. The predicted molar refractivity (Wildman–Crippen MR) is 80.6 cm³/mol. The van der Waals surface area contributed by atoms with Gasteiger partial charge in [-0.3, -0.25) is 0 Å². The van der Waals surface area contributed by atoms with Gasteiger partial charge < -0.3 is 5.32 Å². The van der Waals surface area contributed by atoms with Crippen molar-refractivity contribution in [1.29, 1.82) is 0 Å². The van der Waals surface area contributed by atoms with Crippen LogP contribution < -0.4 is 5.32 Å². The Balaban J connectivity index is 2.09. The summed E-state index contributed by atoms with van der Waals surface area (Å²) in [6.45, 7) is 0.546. The molecule has 1 N–H and O–H groups in total. The topological polar surface area (TPSA) is 12.0 Å². The molecule has 0 aliphatic rings. The SMILES string of the molecule is Fc1cc(Cl)ccc1NCc1ccc(Br)c(Br)c1. The fraction of sp³-hybridized carbons (Fsp3) is 0.0769. The van der Waals surface area contributed by atoms with E-state index in [4.69, 9.17) is 11.6 Å². The summed E-state index contributed by atoms with van der Waals surface area (Å²) in [5, 5.41) is 3.43. The van der Waals surface area contributed by atoms with E-state index in [9.17, 15) is 4.39 Å². The van der Waals surface area contributed by atoms with E-state index in [1.54, 1.807) is 12.1 Å². The van der Waals surface area contributed by atoms with Crippen molar-refractivity contribution in [1.82, 2.24) is 0 Å². The molecule has 0 fully saturated rings. The molecule has 2 aromatic carbocycles. The van der Waals surface area contributed by atoms with Crippen LogP contribution in [0.15, 0.2) is 45.3 Å². The van der Waals surface area contributed by atoms with E-state index in [1.165, 1.54) is 6.07 Å². The largest absolute Gasteiger partial charge is 0.379 e. The monoisotopic (exact) mass is 391 g/mol. The Morgan fingerprint density at radius 3 is 2.50 bits per heavy atom. The van der Waals surface area contributed by atoms with Crippen LogP contribution in [0.25, 0.3) is 0 Å². The summed E-state index contributed by atoms with van der Waals surface area (Å²) in [6, 6.07) is 10.5. The van der Waals surface area contributed by atoms with Gasteiger partial charge in [0.2, 0.25) is 0 Å². The molecule has 0 amide bonds. The maximum absolute atomic E-state index is 13.5. The highest BCUT2D eigenvalue weighted by Gasteiger charge is 2.03. The minimum absolute atomic E-state index is 0.348. The fourth-order valence-corrected chi connectivity index (χ4v) is 2.31. The van der Waals surface area contributed by atoms with Gasteiger partial charge in [0, 0.05) is 20.5 Å². The van der Waals surface area contributed by atoms with Gasteiger partial charge in [-0.2, -0.15) is 0 Å². The second-order valence-electron chi connectivity index (χ2n) is 3.73. The molecule has 2 rings (SSSR count). The third-order valence-electron chi connectivity index (χ3n) is 2.40. The molecular formula is C13H9Br2ClFN. The van der Waals surface area contributed by atoms with Crippen molar-refractivity contribution in [3.8, 4) is 0 Å². The van der Waals surface area contributed by atoms with Crippen LogP contribution in [0.3, 0.4) is 0 Å². The molecule has 18 heavy (non-hydrogen) atoms. The van der Waals surface area contributed by atoms with Crippen molar-refractivity contribution in [3.05, 3.63) is 61.7 Å². The second kappa shape index (κ2) is 6.04. The normalized spacial score (nSPS) is 10.4. The lowest BCUT2D eigenvalue weighted by molar-refractivity contribution is 0.630. The highest BCUT2D eigenvalue weighted by molar-refractivity contribution is 9.13. The lowest BCUT2D eigenvalue weighted by Gasteiger charge is -2.08. The van der Waals surface area contributed by atoms with E-state index >= 15 is 0 Å². The molecular weight excluding hydrogens is 384 g/mol. The Kier molecular flexibility index (Phi) is 4.65. The average molecular weight is 393 g/mol. The third kappa shape index (κ3) is 3.46. The molecule has 2 aromatic rings. The summed E-state index contributed by atoms with van der Waals surface area (Å²) < 4.78 is 15.5. The van der Waals surface area contributed by atoms with Gasteiger partial charge in [0.05, 0.1) is 5.69 Å². The molecule has 0 spiro atoms. The molecule has 0 saturated carbocycles. The quantitative estimate of drug-likeness (QED) is 0.714. The van der Waals surface area contributed by atoms with Gasteiger partial charge >= 0.3 is 0 Å². The highest BCUT2D eigenvalue weighted by Crippen LogP contribution is 2.25. The molecule has 1 nitrogen and oxygen atoms in total. The zero-order chi connectivity index (χ0) is 13.1. The predicted octanol–water partition coefficient (Wildman–Crippen LogP) is 5.62. The molecule has 5 heteroatoms. The minimum Gasteiger partial charge on any atom is -0.379 e. The van der Waals surface area contributed by atoms with Crippen molar-refractivity contribution in [2.24, 2.45) is 0 Å². The van der Waals surface area contributed by atoms with Crippen molar-refractivity contribution < 1.29 is 4.39 Å². The minimum atomic E-state index is -0.348. The van der Waals surface area contributed by atoms with Gasteiger partial charge in [-0.05, 0) is 67.8 Å². The molecule has 0 heterocycles. The number of halogens is 4. The Morgan fingerprint density at radius 2 is 1.83 bits per heavy atom. The van der Waals surface area contributed by atoms with E-state index in [2.05, 4.69) is 37.2 Å². The first-order valence-electron chi connectivity index (χ1n) is 5.19. The summed E-state index contributed by atoms with van der Waals surface area (Å²) in [7, 11) is 0. The van der Waals surface area contributed by atoms with Crippen LogP contribution in [-0.4, -0.2) is 0 Å². The first kappa shape index (κ1) is 13.8. The Labute approximate surface area is 127 Å². The van der Waals surface area contributed by atoms with Gasteiger partial charge in [0.15, 0.2) is 0 Å². The molecule has 0 saturated heterocycles. The zero-order valence-electron chi connectivity index (χ0n) is 9.18. The van der Waals surface area contributed by atoms with Gasteiger partial charge in [-0.25, -0.2) is 4.39 Å². The summed E-state index contributed by atoms with van der Waals surface area (Å²) in [5.74, 6) is -0.348. The molecule has 0 atom stereocenters. The van der Waals surface area contributed by atoms with Crippen molar-refractivity contribution in [2.45, 2.75) is 6.54 Å². The molecule has 0 aliphatic carbocycles. The van der Waals surface area contributed by atoms with E-state index in [0.29, 0.717) is 17.3 Å². The van der Waals surface area contributed by atoms with Crippen molar-refractivity contribution in [2.75, 3.05) is 5.32 Å². The smallest absolute Gasteiger partial charge is 0.147 e. The van der Waals surface area contributed by atoms with E-state index in [0.717, 1.165) is 14.5 Å². The Morgan fingerprint density at radius 1 is 1.06 bits per heavy atom. The summed E-state index contributed by atoms with van der Waals surface area (Å²) >= 11 is 12.5. The van der Waals surface area contributed by atoms with Crippen molar-refractivity contribution in [3.63, 3.8) is 0 Å². The first-order chi connectivity index (χ1) is 8.56. The molecule has 0 radical (unpaired) electrons. The van der Waals surface area contributed by atoms with Crippen LogP contribution in [0.2, 0.25) is 5.02 Å². The highest BCUT2D eigenvalue weighted by atomic mass is 79.9. The van der Waals surface area contributed by atoms with E-state index < -0.39 is 0 Å². The standard InChI is InChI=1S/C13H9Br2ClFN/c14-10-3-1-8(5-11(10)15)7-18-13-4-2-9(16)6-12(13)17/h1-6,18H,7H2. The molecule has 0 unspecified atom stereocenters. The number of hydrogen-bond donors (Lipinski definition) is 1. The molecule has 94 valence electrons. The van der Waals surface area contributed by atoms with Gasteiger partial charge in [-0.1, -0.05) is 17.7 Å². The maximum Gasteiger partial charge on any atom is 0.147 e. The van der Waals surface area contributed by atoms with Crippen LogP contribution in [0.4, 0.5) is 10.1 Å². The summed E-state index contributed by atoms with van der Waals surface area (Å²) in [6.07, 6.45) is 0. The van der Waals surface area contributed by atoms with E-state index in [-0.39, 0.29) is 5.82 Å². The van der Waals surface area contributed by atoms with Crippen molar-refractivity contribution >= 4 is 49.1 Å². The lowest BCUT2D eigenvalue weighted by atomic mass is 10.2. The Hall–Kier alpha value is -0.580. The lowest BCUT2D eigenvalue weighted by Crippen LogP contribution is -2.01. The number of rotatable bonds is 3. The average Bonchev–Trinajstić information content (AvgIpc) is 2.32. The van der Waals surface area contributed by atoms with Crippen LogP contribution in [0.1, 0.15) is 5.56 Å². The summed E-state index contributed by atoms with van der Waals surface area (Å²) in [4.78, 5) is 0. The van der Waals surface area contributed by atoms with Crippen LogP contribution in [0.5, 0.6) is 0 Å². The van der Waals surface area contributed by atoms with E-state index in [1.807, 2.05) is 18.2 Å². The van der Waals surface area contributed by atoms with Crippen LogP contribution in [0, 0.1) is 5.82 Å². The van der Waals surface area contributed by atoms with Gasteiger partial charge in [-0.15, -0.1) is 0 Å². The molecule has 0 aromatic heterocycles. The maximum atomic E-state index is 13.5. The van der Waals surface area contributed by atoms with Crippen LogP contribution in [-0.2, 0) is 6.54 Å². The zero-order valence-corrected chi connectivity index (χ0v) is 13.1. The number of hydrogen-bond acceptors (Lipinski definition) is 1. The number of benzene rings is 2. The van der Waals surface area contributed by atoms with Crippen LogP contribution >= 0.6 is 43.5 Å². The first-order valence-corrected chi connectivity index (χ1v) is 7.15. The second-order valence-corrected chi connectivity index (χ2v) is 5.87. The number of anilines is 1. The third-order valence-corrected chi connectivity index (χ3v) is 4.51. The van der Waals surface area contributed by atoms with Gasteiger partial charge in [0.1, 0.15) is 5.82 Å².